The van der Waals surface area contributed by atoms with Crippen LogP contribution >= 0.6 is 0 Å². The molecule has 0 aliphatic heterocycles. The van der Waals surface area contributed by atoms with Gasteiger partial charge in [-0.2, -0.15) is 13.2 Å². The van der Waals surface area contributed by atoms with Gasteiger partial charge >= 0.3 is 12.3 Å². The van der Waals surface area contributed by atoms with E-state index in [9.17, 15) is 23.1 Å². The Morgan fingerprint density at radius 2 is 1.88 bits per heavy atom. The van der Waals surface area contributed by atoms with E-state index in [0.717, 1.165) is 37.3 Å². The minimum atomic E-state index is -4.59. The van der Waals surface area contributed by atoms with Crippen molar-refractivity contribution in [3.05, 3.63) is 53.9 Å². The lowest BCUT2D eigenvalue weighted by molar-refractivity contribution is -0.138. The molecule has 1 aliphatic rings. The molecule has 3 aromatic rings. The van der Waals surface area contributed by atoms with E-state index in [0.29, 0.717) is 5.52 Å². The molecule has 0 bridgehead atoms. The smallest absolute Gasteiger partial charge is 0.420 e. The Kier molecular flexibility index (Phi) is 5.99. The summed E-state index contributed by atoms with van der Waals surface area (Å²) in [5.41, 5.74) is 0.703. The maximum Gasteiger partial charge on any atom is 0.420 e. The molecular formula is C24H26F3N3O3. The van der Waals surface area contributed by atoms with Crippen molar-refractivity contribution >= 4 is 17.1 Å². The van der Waals surface area contributed by atoms with E-state index in [4.69, 9.17) is 4.74 Å². The average molecular weight is 461 g/mol. The average Bonchev–Trinajstić information content (AvgIpc) is 3.20. The third-order valence-electron chi connectivity index (χ3n) is 6.33. The topological polar surface area (TPSA) is 78.5 Å². The summed E-state index contributed by atoms with van der Waals surface area (Å²) in [7, 11) is 0. The van der Waals surface area contributed by atoms with Crippen molar-refractivity contribution < 1.29 is 27.8 Å². The lowest BCUT2D eigenvalue weighted by atomic mass is 9.75. The maximum absolute atomic E-state index is 13.5. The molecule has 2 aromatic carbocycles. The second-order valence-corrected chi connectivity index (χ2v) is 9.32. The molecule has 0 saturated heterocycles. The van der Waals surface area contributed by atoms with Gasteiger partial charge in [-0.1, -0.05) is 26.0 Å². The minimum Gasteiger partial charge on any atom is -0.465 e. The molecule has 1 heterocycles. The first-order valence-corrected chi connectivity index (χ1v) is 10.8. The summed E-state index contributed by atoms with van der Waals surface area (Å²) in [4.78, 5) is 20.0. The van der Waals surface area contributed by atoms with Crippen molar-refractivity contribution in [1.29, 1.82) is 0 Å². The van der Waals surface area contributed by atoms with Crippen LogP contribution in [0.4, 0.5) is 18.0 Å². The van der Waals surface area contributed by atoms with Gasteiger partial charge in [-0.15, -0.1) is 0 Å². The largest absolute Gasteiger partial charge is 0.465 e. The molecular weight excluding hydrogens is 435 g/mol. The monoisotopic (exact) mass is 461 g/mol. The second-order valence-electron chi connectivity index (χ2n) is 9.32. The Bertz CT molecular complexity index is 1130. The second kappa shape index (κ2) is 8.61. The number of aromatic nitrogens is 2. The van der Waals surface area contributed by atoms with Gasteiger partial charge in [0.15, 0.2) is 0 Å². The number of H-pyrrole nitrogens is 1. The Morgan fingerprint density at radius 3 is 2.48 bits per heavy atom. The molecule has 6 nitrogen and oxygen atoms in total. The highest BCUT2D eigenvalue weighted by molar-refractivity contribution is 5.78. The molecule has 2 N–H and O–H groups in total. The van der Waals surface area contributed by atoms with E-state index in [2.05, 4.69) is 23.8 Å². The molecule has 1 saturated carbocycles. The number of hydrogen-bond donors (Lipinski definition) is 2. The van der Waals surface area contributed by atoms with Gasteiger partial charge < -0.3 is 19.7 Å². The highest BCUT2D eigenvalue weighted by atomic mass is 19.4. The summed E-state index contributed by atoms with van der Waals surface area (Å²) in [6.45, 7) is 4.61. The fourth-order valence-electron chi connectivity index (χ4n) is 4.30. The number of hydrogen-bond acceptors (Lipinski definition) is 3. The van der Waals surface area contributed by atoms with Gasteiger partial charge in [0.2, 0.25) is 0 Å². The quantitative estimate of drug-likeness (QED) is 0.437. The summed E-state index contributed by atoms with van der Waals surface area (Å²) in [5.74, 6) is -0.118. The van der Waals surface area contributed by atoms with Crippen molar-refractivity contribution in [1.82, 2.24) is 14.9 Å². The maximum atomic E-state index is 13.5. The van der Waals surface area contributed by atoms with Gasteiger partial charge in [-0.25, -0.2) is 9.78 Å². The predicted molar refractivity (Wildman–Crippen MR) is 117 cm³/mol. The lowest BCUT2D eigenvalue weighted by Crippen LogP contribution is -2.42. The van der Waals surface area contributed by atoms with Gasteiger partial charge in [0, 0.05) is 18.7 Å². The zero-order chi connectivity index (χ0) is 23.8. The van der Waals surface area contributed by atoms with Gasteiger partial charge in [-0.3, -0.25) is 0 Å². The van der Waals surface area contributed by atoms with E-state index in [1.807, 2.05) is 0 Å². The van der Waals surface area contributed by atoms with E-state index >= 15 is 0 Å². The molecule has 0 unspecified atom stereocenters. The molecule has 1 fully saturated rings. The fourth-order valence-corrected chi connectivity index (χ4v) is 4.30. The number of alkyl halides is 3. The zero-order valence-electron chi connectivity index (χ0n) is 18.4. The first-order valence-electron chi connectivity index (χ1n) is 10.8. The summed E-state index contributed by atoms with van der Waals surface area (Å²) >= 11 is 0. The molecule has 176 valence electrons. The number of nitrogens with one attached hydrogen (secondary N) is 1. The van der Waals surface area contributed by atoms with E-state index in [-0.39, 0.29) is 35.0 Å². The van der Waals surface area contributed by atoms with Crippen LogP contribution in [-0.2, 0) is 12.7 Å². The summed E-state index contributed by atoms with van der Waals surface area (Å²) in [5, 5.41) is 9.73. The summed E-state index contributed by atoms with van der Waals surface area (Å²) < 4.78 is 46.1. The van der Waals surface area contributed by atoms with Crippen LogP contribution < -0.4 is 4.74 Å². The van der Waals surface area contributed by atoms with Crippen molar-refractivity contribution in [2.45, 2.75) is 58.3 Å². The SMILES string of the molecule is CC1(C)CCC(N(Cc2ccc(Oc3cc4nc[nH]c4cc3C(F)(F)F)cc2)C(=O)O)CC1. The minimum absolute atomic E-state index is 0.0404. The van der Waals surface area contributed by atoms with Crippen molar-refractivity contribution in [3.63, 3.8) is 0 Å². The number of ether oxygens (including phenoxy) is 1. The van der Waals surface area contributed by atoms with Gasteiger partial charge in [0.05, 0.1) is 17.4 Å². The molecule has 33 heavy (non-hydrogen) atoms. The number of imidazole rings is 1. The number of benzene rings is 2. The number of amides is 1. The Balaban J connectivity index is 1.50. The normalized spacial score (nSPS) is 16.6. The van der Waals surface area contributed by atoms with Crippen LogP contribution in [0.3, 0.4) is 0 Å². The molecule has 0 spiro atoms. The Labute approximate surface area is 189 Å². The molecule has 4 rings (SSSR count). The number of carboxylic acid groups (broad SMARTS) is 1. The van der Waals surface area contributed by atoms with Gasteiger partial charge in [0.25, 0.3) is 0 Å². The third-order valence-corrected chi connectivity index (χ3v) is 6.33. The van der Waals surface area contributed by atoms with Crippen molar-refractivity contribution in [3.8, 4) is 11.5 Å². The number of fused-ring (bicyclic) bond motifs is 1. The molecule has 1 amide bonds. The van der Waals surface area contributed by atoms with Crippen LogP contribution in [-0.4, -0.2) is 32.1 Å². The van der Waals surface area contributed by atoms with Gasteiger partial charge in [-0.05, 0) is 54.9 Å². The van der Waals surface area contributed by atoms with Crippen LogP contribution in [0.2, 0.25) is 0 Å². The number of carbonyl (C=O) groups is 1. The lowest BCUT2D eigenvalue weighted by Gasteiger charge is -2.39. The molecule has 9 heteroatoms. The van der Waals surface area contributed by atoms with Crippen LogP contribution in [0.25, 0.3) is 11.0 Å². The first kappa shape index (κ1) is 22.9. The highest BCUT2D eigenvalue weighted by Gasteiger charge is 2.35. The number of halogens is 3. The van der Waals surface area contributed by atoms with Crippen LogP contribution in [0.1, 0.15) is 50.7 Å². The molecule has 1 aliphatic carbocycles. The molecule has 0 radical (unpaired) electrons. The standard InChI is InChI=1S/C24H26F3N3O3/c1-23(2)9-7-16(8-10-23)30(22(31)32)13-15-3-5-17(6-4-15)33-21-12-20-19(28-14-29-20)11-18(21)24(25,26)27/h3-6,11-12,14,16H,7-10,13H2,1-2H3,(H,28,29)(H,31,32). The first-order chi connectivity index (χ1) is 15.5. The highest BCUT2D eigenvalue weighted by Crippen LogP contribution is 2.40. The van der Waals surface area contributed by atoms with Crippen molar-refractivity contribution in [2.24, 2.45) is 5.41 Å². The number of rotatable bonds is 5. The fraction of sp³-hybridized carbons (Fsp3) is 0.417. The zero-order valence-corrected chi connectivity index (χ0v) is 18.4. The number of nitrogens with zero attached hydrogens (tertiary/aromatic N) is 2. The third kappa shape index (κ3) is 5.23. The molecule has 1 aromatic heterocycles. The summed E-state index contributed by atoms with van der Waals surface area (Å²) in [6, 6.07) is 8.64. The van der Waals surface area contributed by atoms with Gasteiger partial charge in [0.1, 0.15) is 17.1 Å². The molecule has 0 atom stereocenters. The number of aromatic amines is 1. The van der Waals surface area contributed by atoms with Crippen LogP contribution in [0.5, 0.6) is 11.5 Å². The Morgan fingerprint density at radius 1 is 1.21 bits per heavy atom. The van der Waals surface area contributed by atoms with Crippen LogP contribution in [0.15, 0.2) is 42.7 Å². The van der Waals surface area contributed by atoms with E-state index in [1.54, 1.807) is 24.3 Å². The van der Waals surface area contributed by atoms with E-state index < -0.39 is 17.8 Å². The Hall–Kier alpha value is -3.23. The van der Waals surface area contributed by atoms with Crippen molar-refractivity contribution in [2.75, 3.05) is 0 Å². The predicted octanol–water partition coefficient (Wildman–Crippen LogP) is 6.82. The summed E-state index contributed by atoms with van der Waals surface area (Å²) in [6.07, 6.45) is -0.670. The van der Waals surface area contributed by atoms with E-state index in [1.165, 1.54) is 17.3 Å². The van der Waals surface area contributed by atoms with Crippen LogP contribution in [0, 0.1) is 5.41 Å².